The highest BCUT2D eigenvalue weighted by atomic mass is 32.2. The van der Waals surface area contributed by atoms with Gasteiger partial charge in [0, 0.05) is 22.1 Å². The van der Waals surface area contributed by atoms with E-state index in [2.05, 4.69) is 0 Å². The maximum Gasteiger partial charge on any atom is 0.123 e. The first-order valence-corrected chi connectivity index (χ1v) is 8.46. The van der Waals surface area contributed by atoms with Crippen LogP contribution in [-0.2, 0) is 28.9 Å². The van der Waals surface area contributed by atoms with E-state index in [0.29, 0.717) is 18.1 Å². The lowest BCUT2D eigenvalue weighted by Crippen LogP contribution is -2.03. The third-order valence-corrected chi connectivity index (χ3v) is 4.41. The topological polar surface area (TPSA) is 46.5 Å². The molecule has 1 atom stereocenters. The summed E-state index contributed by atoms with van der Waals surface area (Å²) in [4.78, 5) is 0. The summed E-state index contributed by atoms with van der Waals surface area (Å²) < 4.78 is 17.9. The highest BCUT2D eigenvalue weighted by Gasteiger charge is 2.08. The number of benzene rings is 2. The molecule has 0 radical (unpaired) electrons. The zero-order valence-corrected chi connectivity index (χ0v) is 12.9. The fourth-order valence-corrected chi connectivity index (χ4v) is 3.32. The van der Waals surface area contributed by atoms with Crippen LogP contribution in [0.2, 0.25) is 0 Å². The van der Waals surface area contributed by atoms with Gasteiger partial charge in [-0.05, 0) is 24.1 Å². The van der Waals surface area contributed by atoms with Gasteiger partial charge in [0.2, 0.25) is 0 Å². The molecule has 0 aliphatic heterocycles. The SMILES string of the molecule is CCOc1ccccc1CS(=O)Cc1ccc(CO)cc1. The molecule has 4 heteroatoms. The summed E-state index contributed by atoms with van der Waals surface area (Å²) in [5.74, 6) is 1.80. The Labute approximate surface area is 128 Å². The third kappa shape index (κ3) is 4.69. The van der Waals surface area contributed by atoms with Crippen LogP contribution < -0.4 is 4.74 Å². The Balaban J connectivity index is 2.01. The first kappa shape index (κ1) is 15.7. The Morgan fingerprint density at radius 2 is 1.67 bits per heavy atom. The van der Waals surface area contributed by atoms with E-state index in [1.807, 2.05) is 55.5 Å². The minimum absolute atomic E-state index is 0.0328. The second kappa shape index (κ2) is 7.96. The summed E-state index contributed by atoms with van der Waals surface area (Å²) in [7, 11) is -0.987. The number of hydrogen-bond acceptors (Lipinski definition) is 3. The largest absolute Gasteiger partial charge is 0.494 e. The minimum atomic E-state index is -0.987. The second-order valence-electron chi connectivity index (χ2n) is 4.74. The summed E-state index contributed by atoms with van der Waals surface area (Å²) in [5, 5.41) is 9.01. The van der Waals surface area contributed by atoms with Gasteiger partial charge in [-0.2, -0.15) is 0 Å². The van der Waals surface area contributed by atoms with Crippen molar-refractivity contribution in [3.8, 4) is 5.75 Å². The molecule has 21 heavy (non-hydrogen) atoms. The summed E-state index contributed by atoms with van der Waals surface area (Å²) in [5.41, 5.74) is 2.86. The van der Waals surface area contributed by atoms with E-state index < -0.39 is 10.8 Å². The molecule has 2 rings (SSSR count). The van der Waals surface area contributed by atoms with Crippen LogP contribution in [0.3, 0.4) is 0 Å². The van der Waals surface area contributed by atoms with Crippen molar-refractivity contribution < 1.29 is 14.1 Å². The number of aliphatic hydroxyl groups is 1. The molecule has 112 valence electrons. The zero-order chi connectivity index (χ0) is 15.1. The molecule has 0 fully saturated rings. The average molecular weight is 304 g/mol. The fourth-order valence-electron chi connectivity index (χ4n) is 2.07. The van der Waals surface area contributed by atoms with Crippen molar-refractivity contribution in [2.24, 2.45) is 0 Å². The Morgan fingerprint density at radius 3 is 2.33 bits per heavy atom. The van der Waals surface area contributed by atoms with E-state index >= 15 is 0 Å². The van der Waals surface area contributed by atoms with Gasteiger partial charge in [0.15, 0.2) is 0 Å². The Kier molecular flexibility index (Phi) is 5.96. The molecular weight excluding hydrogens is 284 g/mol. The van der Waals surface area contributed by atoms with Crippen molar-refractivity contribution in [1.82, 2.24) is 0 Å². The van der Waals surface area contributed by atoms with E-state index in [1.165, 1.54) is 0 Å². The molecule has 3 nitrogen and oxygen atoms in total. The molecule has 0 spiro atoms. The lowest BCUT2D eigenvalue weighted by molar-refractivity contribution is 0.282. The molecule has 0 saturated carbocycles. The molecule has 0 aromatic heterocycles. The quantitative estimate of drug-likeness (QED) is 0.855. The van der Waals surface area contributed by atoms with Gasteiger partial charge in [-0.25, -0.2) is 0 Å². The molecular formula is C17H20O3S. The normalized spacial score (nSPS) is 12.1. The number of ether oxygens (including phenoxy) is 1. The lowest BCUT2D eigenvalue weighted by Gasteiger charge is -2.10. The predicted molar refractivity (Wildman–Crippen MR) is 85.5 cm³/mol. The fraction of sp³-hybridized carbons (Fsp3) is 0.294. The van der Waals surface area contributed by atoms with Crippen LogP contribution in [-0.4, -0.2) is 15.9 Å². The van der Waals surface area contributed by atoms with Gasteiger partial charge in [0.05, 0.1) is 19.0 Å². The van der Waals surface area contributed by atoms with E-state index in [4.69, 9.17) is 9.84 Å². The first-order chi connectivity index (χ1) is 10.2. The molecule has 2 aromatic carbocycles. The Hall–Kier alpha value is -1.65. The predicted octanol–water partition coefficient (Wildman–Crippen LogP) is 3.03. The molecule has 0 heterocycles. The number of para-hydroxylation sites is 1. The van der Waals surface area contributed by atoms with Crippen LogP contribution in [0.15, 0.2) is 48.5 Å². The van der Waals surface area contributed by atoms with Crippen LogP contribution >= 0.6 is 0 Å². The molecule has 0 aliphatic carbocycles. The van der Waals surface area contributed by atoms with Crippen LogP contribution in [0.4, 0.5) is 0 Å². The molecule has 0 aliphatic rings. The van der Waals surface area contributed by atoms with Crippen molar-refractivity contribution in [3.05, 3.63) is 65.2 Å². The highest BCUT2D eigenvalue weighted by molar-refractivity contribution is 7.83. The standard InChI is InChI=1S/C17H20O3S/c1-2-20-17-6-4-3-5-16(17)13-21(19)12-15-9-7-14(11-18)8-10-15/h3-10,18H,2,11-13H2,1H3. The summed E-state index contributed by atoms with van der Waals surface area (Å²) in [6.07, 6.45) is 0. The maximum absolute atomic E-state index is 12.3. The van der Waals surface area contributed by atoms with Gasteiger partial charge in [-0.1, -0.05) is 42.5 Å². The van der Waals surface area contributed by atoms with Crippen LogP contribution in [0, 0.1) is 0 Å². The number of hydrogen-bond donors (Lipinski definition) is 1. The van der Waals surface area contributed by atoms with Gasteiger partial charge in [-0.15, -0.1) is 0 Å². The third-order valence-electron chi connectivity index (χ3n) is 3.12. The summed E-state index contributed by atoms with van der Waals surface area (Å²) in [6, 6.07) is 15.3. The van der Waals surface area contributed by atoms with Crippen molar-refractivity contribution in [1.29, 1.82) is 0 Å². The number of aliphatic hydroxyl groups excluding tert-OH is 1. The summed E-state index contributed by atoms with van der Waals surface area (Å²) >= 11 is 0. The maximum atomic E-state index is 12.3. The average Bonchev–Trinajstić information content (AvgIpc) is 2.50. The second-order valence-corrected chi connectivity index (χ2v) is 6.20. The Morgan fingerprint density at radius 1 is 1.00 bits per heavy atom. The minimum Gasteiger partial charge on any atom is -0.494 e. The van der Waals surface area contributed by atoms with Gasteiger partial charge in [0.25, 0.3) is 0 Å². The molecule has 1 N–H and O–H groups in total. The zero-order valence-electron chi connectivity index (χ0n) is 12.1. The molecule has 0 amide bonds. The van der Waals surface area contributed by atoms with Crippen molar-refractivity contribution in [3.63, 3.8) is 0 Å². The van der Waals surface area contributed by atoms with Crippen molar-refractivity contribution in [2.75, 3.05) is 6.61 Å². The smallest absolute Gasteiger partial charge is 0.123 e. The van der Waals surface area contributed by atoms with E-state index in [9.17, 15) is 4.21 Å². The van der Waals surface area contributed by atoms with Crippen molar-refractivity contribution >= 4 is 10.8 Å². The van der Waals surface area contributed by atoms with E-state index in [-0.39, 0.29) is 6.61 Å². The van der Waals surface area contributed by atoms with Crippen molar-refractivity contribution in [2.45, 2.75) is 25.0 Å². The van der Waals surface area contributed by atoms with Gasteiger partial charge >= 0.3 is 0 Å². The van der Waals surface area contributed by atoms with Crippen LogP contribution in [0.25, 0.3) is 0 Å². The summed E-state index contributed by atoms with van der Waals surface area (Å²) in [6.45, 7) is 2.58. The number of rotatable bonds is 7. The van der Waals surface area contributed by atoms with Gasteiger partial charge in [0.1, 0.15) is 5.75 Å². The van der Waals surface area contributed by atoms with E-state index in [0.717, 1.165) is 22.4 Å². The van der Waals surface area contributed by atoms with Gasteiger partial charge in [-0.3, -0.25) is 4.21 Å². The van der Waals surface area contributed by atoms with E-state index in [1.54, 1.807) is 0 Å². The van der Waals surface area contributed by atoms with Gasteiger partial charge < -0.3 is 9.84 Å². The molecule has 0 saturated heterocycles. The van der Waals surface area contributed by atoms with Crippen LogP contribution in [0.5, 0.6) is 5.75 Å². The highest BCUT2D eigenvalue weighted by Crippen LogP contribution is 2.20. The monoisotopic (exact) mass is 304 g/mol. The molecule has 0 bridgehead atoms. The first-order valence-electron chi connectivity index (χ1n) is 6.97. The molecule has 1 unspecified atom stereocenters. The molecule has 2 aromatic rings. The lowest BCUT2D eigenvalue weighted by atomic mass is 10.2. The Bertz CT molecular complexity index is 593. The van der Waals surface area contributed by atoms with Crippen LogP contribution in [0.1, 0.15) is 23.6 Å².